The molecule has 1 aromatic carbocycles. The third-order valence-corrected chi connectivity index (χ3v) is 4.39. The third-order valence-electron chi connectivity index (χ3n) is 3.78. The summed E-state index contributed by atoms with van der Waals surface area (Å²) in [5.41, 5.74) is 0.868. The Kier molecular flexibility index (Phi) is 6.43. The van der Waals surface area contributed by atoms with E-state index in [1.807, 2.05) is 12.1 Å². The van der Waals surface area contributed by atoms with Crippen LogP contribution in [0, 0.1) is 5.82 Å². The normalized spacial score (nSPS) is 16.1. The molecule has 1 N–H and O–H groups in total. The van der Waals surface area contributed by atoms with Gasteiger partial charge in [0.15, 0.2) is 0 Å². The van der Waals surface area contributed by atoms with Crippen molar-refractivity contribution in [2.75, 3.05) is 13.7 Å². The maximum absolute atomic E-state index is 13.3. The Bertz CT molecular complexity index is 407. The van der Waals surface area contributed by atoms with Crippen LogP contribution >= 0.6 is 15.9 Å². The molecule has 0 amide bonds. The first-order chi connectivity index (χ1) is 8.96. The van der Waals surface area contributed by atoms with E-state index in [9.17, 15) is 4.39 Å². The molecule has 0 aromatic heterocycles. The summed E-state index contributed by atoms with van der Waals surface area (Å²) in [5.74, 6) is -0.228. The summed E-state index contributed by atoms with van der Waals surface area (Å²) in [6.07, 6.45) is 1.73. The van der Waals surface area contributed by atoms with Crippen molar-refractivity contribution >= 4 is 15.9 Å². The van der Waals surface area contributed by atoms with Gasteiger partial charge in [-0.2, -0.15) is 0 Å². The predicted molar refractivity (Wildman–Crippen MR) is 81.0 cm³/mol. The molecule has 0 saturated carbocycles. The van der Waals surface area contributed by atoms with Gasteiger partial charge in [0.2, 0.25) is 0 Å². The van der Waals surface area contributed by atoms with Crippen LogP contribution in [-0.4, -0.2) is 25.3 Å². The summed E-state index contributed by atoms with van der Waals surface area (Å²) in [6.45, 7) is 7.19. The summed E-state index contributed by atoms with van der Waals surface area (Å²) in [7, 11) is 1.74. The van der Waals surface area contributed by atoms with Crippen molar-refractivity contribution in [3.63, 3.8) is 0 Å². The fourth-order valence-electron chi connectivity index (χ4n) is 2.19. The molecule has 0 spiro atoms. The lowest BCUT2D eigenvalue weighted by Gasteiger charge is -2.36. The molecule has 1 aromatic rings. The van der Waals surface area contributed by atoms with Crippen molar-refractivity contribution in [3.05, 3.63) is 34.1 Å². The molecule has 0 fully saturated rings. The van der Waals surface area contributed by atoms with Gasteiger partial charge in [-0.05, 0) is 59.9 Å². The minimum Gasteiger partial charge on any atom is -0.377 e. The number of ether oxygens (including phenoxy) is 1. The number of halogens is 2. The van der Waals surface area contributed by atoms with Crippen LogP contribution in [0.4, 0.5) is 4.39 Å². The Morgan fingerprint density at radius 2 is 2.11 bits per heavy atom. The van der Waals surface area contributed by atoms with E-state index in [2.05, 4.69) is 42.0 Å². The van der Waals surface area contributed by atoms with Crippen molar-refractivity contribution in [2.45, 2.75) is 45.3 Å². The molecule has 108 valence electrons. The summed E-state index contributed by atoms with van der Waals surface area (Å²) in [5, 5.41) is 3.47. The first-order valence-electron chi connectivity index (χ1n) is 6.69. The van der Waals surface area contributed by atoms with E-state index in [1.165, 1.54) is 6.07 Å². The van der Waals surface area contributed by atoms with Crippen LogP contribution < -0.4 is 5.32 Å². The Hall–Kier alpha value is -0.450. The first-order valence-corrected chi connectivity index (χ1v) is 7.48. The summed E-state index contributed by atoms with van der Waals surface area (Å²) < 4.78 is 19.5. The smallest absolute Gasteiger partial charge is 0.137 e. The predicted octanol–water partition coefficient (Wildman–Crippen LogP) is 3.92. The van der Waals surface area contributed by atoms with Gasteiger partial charge in [-0.3, -0.25) is 0 Å². The monoisotopic (exact) mass is 331 g/mol. The molecule has 1 rings (SSSR count). The van der Waals surface area contributed by atoms with Crippen molar-refractivity contribution < 1.29 is 9.13 Å². The molecule has 4 heteroatoms. The van der Waals surface area contributed by atoms with E-state index < -0.39 is 0 Å². The topological polar surface area (TPSA) is 21.3 Å². The SMILES string of the molecule is CCNC(Cc1ccc(F)c(Br)c1)C(C)(CC)OC. The number of rotatable bonds is 7. The minimum absolute atomic E-state index is 0.199. The lowest BCUT2D eigenvalue weighted by atomic mass is 9.88. The van der Waals surface area contributed by atoms with Crippen LogP contribution in [0.2, 0.25) is 0 Å². The lowest BCUT2D eigenvalue weighted by Crippen LogP contribution is -2.51. The van der Waals surface area contributed by atoms with Crippen molar-refractivity contribution in [2.24, 2.45) is 0 Å². The van der Waals surface area contributed by atoms with E-state index in [1.54, 1.807) is 7.11 Å². The maximum Gasteiger partial charge on any atom is 0.137 e. The van der Waals surface area contributed by atoms with Crippen LogP contribution in [-0.2, 0) is 11.2 Å². The Morgan fingerprint density at radius 3 is 2.58 bits per heavy atom. The summed E-state index contributed by atoms with van der Waals surface area (Å²) >= 11 is 3.23. The largest absolute Gasteiger partial charge is 0.377 e. The molecule has 2 nitrogen and oxygen atoms in total. The van der Waals surface area contributed by atoms with E-state index in [-0.39, 0.29) is 17.5 Å². The quantitative estimate of drug-likeness (QED) is 0.817. The average Bonchev–Trinajstić information content (AvgIpc) is 2.41. The van der Waals surface area contributed by atoms with Gasteiger partial charge in [0.25, 0.3) is 0 Å². The highest BCUT2D eigenvalue weighted by atomic mass is 79.9. The fourth-order valence-corrected chi connectivity index (χ4v) is 2.61. The first kappa shape index (κ1) is 16.6. The standard InChI is InChI=1S/C15H23BrFNO/c1-5-15(3,19-4)14(18-6-2)10-11-7-8-13(17)12(16)9-11/h7-9,14,18H,5-6,10H2,1-4H3. The molecule has 2 atom stereocenters. The Morgan fingerprint density at radius 1 is 1.42 bits per heavy atom. The molecule has 2 unspecified atom stereocenters. The van der Waals surface area contributed by atoms with E-state index >= 15 is 0 Å². The van der Waals surface area contributed by atoms with Crippen molar-refractivity contribution in [1.29, 1.82) is 0 Å². The van der Waals surface area contributed by atoms with Crippen LogP contribution in [0.5, 0.6) is 0 Å². The number of nitrogens with one attached hydrogen (secondary N) is 1. The highest BCUT2D eigenvalue weighted by Crippen LogP contribution is 2.24. The molecule has 0 heterocycles. The minimum atomic E-state index is -0.228. The number of methoxy groups -OCH3 is 1. The fraction of sp³-hybridized carbons (Fsp3) is 0.600. The molecular formula is C15H23BrFNO. The van der Waals surface area contributed by atoms with Gasteiger partial charge in [0, 0.05) is 13.2 Å². The van der Waals surface area contributed by atoms with Gasteiger partial charge in [-0.25, -0.2) is 4.39 Å². The van der Waals surface area contributed by atoms with Gasteiger partial charge in [0.1, 0.15) is 5.82 Å². The second kappa shape index (κ2) is 7.36. The Balaban J connectivity index is 2.91. The molecule has 19 heavy (non-hydrogen) atoms. The molecule has 0 aliphatic rings. The van der Waals surface area contributed by atoms with Gasteiger partial charge >= 0.3 is 0 Å². The zero-order valence-electron chi connectivity index (χ0n) is 12.1. The lowest BCUT2D eigenvalue weighted by molar-refractivity contribution is -0.0283. The molecule has 0 saturated heterocycles. The molecular weight excluding hydrogens is 309 g/mol. The summed E-state index contributed by atoms with van der Waals surface area (Å²) in [4.78, 5) is 0. The van der Waals surface area contributed by atoms with Gasteiger partial charge < -0.3 is 10.1 Å². The van der Waals surface area contributed by atoms with E-state index in [0.717, 1.165) is 24.9 Å². The second-order valence-corrected chi connectivity index (χ2v) is 5.79. The molecule has 0 radical (unpaired) electrons. The van der Waals surface area contributed by atoms with Gasteiger partial charge in [0.05, 0.1) is 10.1 Å². The van der Waals surface area contributed by atoms with Crippen LogP contribution in [0.15, 0.2) is 22.7 Å². The van der Waals surface area contributed by atoms with Crippen LogP contribution in [0.3, 0.4) is 0 Å². The van der Waals surface area contributed by atoms with Gasteiger partial charge in [-0.15, -0.1) is 0 Å². The van der Waals surface area contributed by atoms with Crippen molar-refractivity contribution in [1.82, 2.24) is 5.32 Å². The zero-order valence-corrected chi connectivity index (χ0v) is 13.7. The molecule has 0 aliphatic heterocycles. The van der Waals surface area contributed by atoms with Crippen LogP contribution in [0.25, 0.3) is 0 Å². The molecule has 0 aliphatic carbocycles. The summed E-state index contributed by atoms with van der Waals surface area (Å²) in [6, 6.07) is 5.37. The zero-order chi connectivity index (χ0) is 14.5. The van der Waals surface area contributed by atoms with Crippen LogP contribution in [0.1, 0.15) is 32.8 Å². The third kappa shape index (κ3) is 4.26. The van der Waals surface area contributed by atoms with Crippen molar-refractivity contribution in [3.8, 4) is 0 Å². The number of hydrogen-bond acceptors (Lipinski definition) is 2. The average molecular weight is 332 g/mol. The molecule has 0 bridgehead atoms. The maximum atomic E-state index is 13.3. The highest BCUT2D eigenvalue weighted by molar-refractivity contribution is 9.10. The number of hydrogen-bond donors (Lipinski definition) is 1. The van der Waals surface area contributed by atoms with Gasteiger partial charge in [-0.1, -0.05) is 19.9 Å². The number of likely N-dealkylation sites (N-methyl/N-ethyl adjacent to an activating group) is 1. The Labute approximate surface area is 123 Å². The number of benzene rings is 1. The van der Waals surface area contributed by atoms with E-state index in [0.29, 0.717) is 4.47 Å². The van der Waals surface area contributed by atoms with E-state index in [4.69, 9.17) is 4.74 Å². The second-order valence-electron chi connectivity index (χ2n) is 4.93. The highest BCUT2D eigenvalue weighted by Gasteiger charge is 2.32.